The van der Waals surface area contributed by atoms with E-state index in [9.17, 15) is 9.59 Å². The summed E-state index contributed by atoms with van der Waals surface area (Å²) in [5.74, 6) is 0.228. The molecular weight excluding hydrogens is 338 g/mol. The lowest BCUT2D eigenvalue weighted by Gasteiger charge is -2.45. The SMILES string of the molecule is Cc1cccc(C(=O)N2CCC3(CCC(=O)N3Cc3ccccc3)CC2)n1. The minimum atomic E-state index is -0.107. The third-order valence-electron chi connectivity index (χ3n) is 5.95. The Morgan fingerprint density at radius 1 is 1.04 bits per heavy atom. The fourth-order valence-corrected chi connectivity index (χ4v) is 4.37. The molecule has 4 rings (SSSR count). The van der Waals surface area contributed by atoms with Gasteiger partial charge in [0, 0.05) is 37.3 Å². The van der Waals surface area contributed by atoms with Crippen LogP contribution in [0.4, 0.5) is 0 Å². The first kappa shape index (κ1) is 17.7. The molecule has 0 unspecified atom stereocenters. The van der Waals surface area contributed by atoms with Gasteiger partial charge in [-0.3, -0.25) is 9.59 Å². The zero-order valence-electron chi connectivity index (χ0n) is 15.7. The molecule has 5 heteroatoms. The first-order valence-corrected chi connectivity index (χ1v) is 9.65. The minimum absolute atomic E-state index is 0.00696. The van der Waals surface area contributed by atoms with Crippen molar-refractivity contribution in [1.82, 2.24) is 14.8 Å². The fourth-order valence-electron chi connectivity index (χ4n) is 4.37. The number of likely N-dealkylation sites (tertiary alicyclic amines) is 2. The van der Waals surface area contributed by atoms with Gasteiger partial charge in [-0.05, 0) is 43.9 Å². The Bertz CT molecular complexity index is 842. The van der Waals surface area contributed by atoms with Crippen LogP contribution in [0.5, 0.6) is 0 Å². The van der Waals surface area contributed by atoms with Crippen LogP contribution in [-0.4, -0.2) is 45.2 Å². The maximum atomic E-state index is 12.8. The Morgan fingerprint density at radius 2 is 1.78 bits per heavy atom. The molecule has 2 saturated heterocycles. The van der Waals surface area contributed by atoms with Crippen molar-refractivity contribution in [3.05, 3.63) is 65.5 Å². The number of aryl methyl sites for hydroxylation is 1. The molecule has 2 aliphatic heterocycles. The van der Waals surface area contributed by atoms with Crippen molar-refractivity contribution in [3.8, 4) is 0 Å². The van der Waals surface area contributed by atoms with Crippen LogP contribution in [0.15, 0.2) is 48.5 Å². The molecule has 1 spiro atoms. The van der Waals surface area contributed by atoms with Gasteiger partial charge in [-0.1, -0.05) is 36.4 Å². The molecule has 0 bridgehead atoms. The zero-order chi connectivity index (χ0) is 18.9. The van der Waals surface area contributed by atoms with E-state index in [0.717, 1.165) is 30.5 Å². The standard InChI is InChI=1S/C22H25N3O2/c1-17-6-5-9-19(23-17)21(27)24-14-12-22(13-15-24)11-10-20(26)25(22)16-18-7-3-2-4-8-18/h2-9H,10-16H2,1H3. The number of carbonyl (C=O) groups excluding carboxylic acids is 2. The molecule has 0 N–H and O–H groups in total. The molecule has 2 aliphatic rings. The van der Waals surface area contributed by atoms with E-state index in [1.807, 2.05) is 42.2 Å². The lowest BCUT2D eigenvalue weighted by molar-refractivity contribution is -0.133. The van der Waals surface area contributed by atoms with Gasteiger partial charge in [0.15, 0.2) is 0 Å². The van der Waals surface area contributed by atoms with Crippen LogP contribution in [0.3, 0.4) is 0 Å². The van der Waals surface area contributed by atoms with Crippen LogP contribution < -0.4 is 0 Å². The number of rotatable bonds is 3. The van der Waals surface area contributed by atoms with E-state index >= 15 is 0 Å². The summed E-state index contributed by atoms with van der Waals surface area (Å²) in [6.07, 6.45) is 3.18. The van der Waals surface area contributed by atoms with E-state index in [0.29, 0.717) is 31.7 Å². The molecule has 0 aliphatic carbocycles. The highest BCUT2D eigenvalue weighted by Crippen LogP contribution is 2.40. The monoisotopic (exact) mass is 363 g/mol. The van der Waals surface area contributed by atoms with Crippen molar-refractivity contribution in [1.29, 1.82) is 0 Å². The molecule has 1 aromatic heterocycles. The average Bonchev–Trinajstić information content (AvgIpc) is 2.99. The molecule has 27 heavy (non-hydrogen) atoms. The second-order valence-corrected chi connectivity index (χ2v) is 7.65. The lowest BCUT2D eigenvalue weighted by atomic mass is 9.84. The second-order valence-electron chi connectivity index (χ2n) is 7.65. The minimum Gasteiger partial charge on any atom is -0.337 e. The maximum Gasteiger partial charge on any atom is 0.272 e. The summed E-state index contributed by atoms with van der Waals surface area (Å²) in [6, 6.07) is 15.7. The summed E-state index contributed by atoms with van der Waals surface area (Å²) < 4.78 is 0. The fraction of sp³-hybridized carbons (Fsp3) is 0.409. The summed E-state index contributed by atoms with van der Waals surface area (Å²) in [5.41, 5.74) is 2.41. The average molecular weight is 363 g/mol. The van der Waals surface area contributed by atoms with E-state index in [1.54, 1.807) is 6.07 Å². The molecule has 0 radical (unpaired) electrons. The summed E-state index contributed by atoms with van der Waals surface area (Å²) in [6.45, 7) is 3.90. The zero-order valence-corrected chi connectivity index (χ0v) is 15.7. The summed E-state index contributed by atoms with van der Waals surface area (Å²) in [5, 5.41) is 0. The third kappa shape index (κ3) is 3.46. The Labute approximate surface area is 160 Å². The summed E-state index contributed by atoms with van der Waals surface area (Å²) in [4.78, 5) is 33.7. The maximum absolute atomic E-state index is 12.8. The van der Waals surface area contributed by atoms with Gasteiger partial charge >= 0.3 is 0 Å². The van der Waals surface area contributed by atoms with Crippen LogP contribution in [0.25, 0.3) is 0 Å². The number of hydrogen-bond acceptors (Lipinski definition) is 3. The van der Waals surface area contributed by atoms with Crippen LogP contribution in [0.2, 0.25) is 0 Å². The number of aromatic nitrogens is 1. The van der Waals surface area contributed by atoms with E-state index in [-0.39, 0.29) is 17.4 Å². The van der Waals surface area contributed by atoms with E-state index in [4.69, 9.17) is 0 Å². The molecule has 3 heterocycles. The highest BCUT2D eigenvalue weighted by molar-refractivity contribution is 5.92. The van der Waals surface area contributed by atoms with Gasteiger partial charge in [-0.15, -0.1) is 0 Å². The Morgan fingerprint density at radius 3 is 2.48 bits per heavy atom. The lowest BCUT2D eigenvalue weighted by Crippen LogP contribution is -2.53. The molecule has 0 atom stereocenters. The number of nitrogens with zero attached hydrogens (tertiary/aromatic N) is 3. The predicted octanol–water partition coefficient (Wildman–Crippen LogP) is 3.19. The number of benzene rings is 1. The summed E-state index contributed by atoms with van der Waals surface area (Å²) in [7, 11) is 0. The van der Waals surface area contributed by atoms with Crippen molar-refractivity contribution in [3.63, 3.8) is 0 Å². The quantitative estimate of drug-likeness (QED) is 0.842. The van der Waals surface area contributed by atoms with Gasteiger partial charge in [0.05, 0.1) is 0 Å². The largest absolute Gasteiger partial charge is 0.337 e. The van der Waals surface area contributed by atoms with Crippen LogP contribution in [0.1, 0.15) is 47.4 Å². The topological polar surface area (TPSA) is 53.5 Å². The molecule has 1 aromatic carbocycles. The molecule has 2 fully saturated rings. The molecule has 2 amide bonds. The highest BCUT2D eigenvalue weighted by atomic mass is 16.2. The van der Waals surface area contributed by atoms with Gasteiger partial charge in [0.2, 0.25) is 5.91 Å². The first-order valence-electron chi connectivity index (χ1n) is 9.65. The predicted molar refractivity (Wildman–Crippen MR) is 103 cm³/mol. The van der Waals surface area contributed by atoms with Gasteiger partial charge < -0.3 is 9.80 Å². The number of carbonyl (C=O) groups is 2. The number of piperidine rings is 1. The van der Waals surface area contributed by atoms with Crippen molar-refractivity contribution >= 4 is 11.8 Å². The van der Waals surface area contributed by atoms with Crippen molar-refractivity contribution in [2.45, 2.75) is 44.7 Å². The van der Waals surface area contributed by atoms with E-state index in [1.165, 1.54) is 0 Å². The van der Waals surface area contributed by atoms with Gasteiger partial charge in [-0.2, -0.15) is 0 Å². The van der Waals surface area contributed by atoms with Crippen LogP contribution >= 0.6 is 0 Å². The van der Waals surface area contributed by atoms with E-state index < -0.39 is 0 Å². The van der Waals surface area contributed by atoms with E-state index in [2.05, 4.69) is 22.0 Å². The Kier molecular flexibility index (Phi) is 4.68. The third-order valence-corrected chi connectivity index (χ3v) is 5.95. The second kappa shape index (κ2) is 7.14. The number of amides is 2. The smallest absolute Gasteiger partial charge is 0.272 e. The Hall–Kier alpha value is -2.69. The van der Waals surface area contributed by atoms with Crippen LogP contribution in [0, 0.1) is 6.92 Å². The molecule has 5 nitrogen and oxygen atoms in total. The number of hydrogen-bond donors (Lipinski definition) is 0. The Balaban J connectivity index is 1.46. The first-order chi connectivity index (χ1) is 13.1. The number of pyridine rings is 1. The van der Waals surface area contributed by atoms with Crippen molar-refractivity contribution < 1.29 is 9.59 Å². The van der Waals surface area contributed by atoms with Crippen molar-refractivity contribution in [2.75, 3.05) is 13.1 Å². The van der Waals surface area contributed by atoms with Gasteiger partial charge in [0.1, 0.15) is 5.69 Å². The summed E-state index contributed by atoms with van der Waals surface area (Å²) >= 11 is 0. The highest BCUT2D eigenvalue weighted by Gasteiger charge is 2.47. The van der Waals surface area contributed by atoms with Gasteiger partial charge in [0.25, 0.3) is 5.91 Å². The molecule has 140 valence electrons. The van der Waals surface area contributed by atoms with Crippen LogP contribution in [-0.2, 0) is 11.3 Å². The van der Waals surface area contributed by atoms with Crippen molar-refractivity contribution in [2.24, 2.45) is 0 Å². The van der Waals surface area contributed by atoms with Gasteiger partial charge in [-0.25, -0.2) is 4.98 Å². The normalized spacial score (nSPS) is 18.9. The molecule has 0 saturated carbocycles. The molecule has 2 aromatic rings. The molecular formula is C22H25N3O2.